The summed E-state index contributed by atoms with van der Waals surface area (Å²) in [5, 5.41) is 64.6. The number of fused-ring (bicyclic) bond motifs is 6. The van der Waals surface area contributed by atoms with Crippen LogP contribution in [0.15, 0.2) is 194 Å². The van der Waals surface area contributed by atoms with Gasteiger partial charge in [0.1, 0.15) is 0 Å². The SMILES string of the molecule is N#Cc1cc(C#N)c(-c2ccc3c4ccccc4n(-c4ccccc4-c4cc(-c5ccccc5-n5c6ccccc6c6ccc(-c7c(C#N)cc(C#N)cc7C#N)cc65)nc(-c5ccccc5)n4)c3c2)c(C#N)c1. The van der Waals surface area contributed by atoms with Gasteiger partial charge in [0, 0.05) is 49.4 Å². The Morgan fingerprint density at radius 1 is 0.311 bits per heavy atom. The van der Waals surface area contributed by atoms with Gasteiger partial charge < -0.3 is 9.13 Å². The topological polar surface area (TPSA) is 178 Å². The van der Waals surface area contributed by atoms with Crippen molar-refractivity contribution in [1.82, 2.24) is 19.1 Å². The second-order valence-electron chi connectivity index (χ2n) is 17.6. The van der Waals surface area contributed by atoms with Crippen molar-refractivity contribution in [2.45, 2.75) is 0 Å². The van der Waals surface area contributed by atoms with Crippen LogP contribution in [0.3, 0.4) is 0 Å². The van der Waals surface area contributed by atoms with Crippen LogP contribution >= 0.6 is 0 Å². The summed E-state index contributed by atoms with van der Waals surface area (Å²) in [6, 6.07) is 75.5. The Morgan fingerprint density at radius 2 is 0.689 bits per heavy atom. The minimum absolute atomic E-state index is 0.235. The average Bonchev–Trinajstić information content (AvgIpc) is 3.99. The lowest BCUT2D eigenvalue weighted by atomic mass is 9.92. The molecule has 9 aromatic carbocycles. The maximum absolute atomic E-state index is 10.3. The van der Waals surface area contributed by atoms with Crippen LogP contribution in [0.4, 0.5) is 0 Å². The summed E-state index contributed by atoms with van der Waals surface area (Å²) in [5.41, 5.74) is 12.6. The predicted molar refractivity (Wildman–Crippen MR) is 286 cm³/mol. The van der Waals surface area contributed by atoms with Gasteiger partial charge in [0.2, 0.25) is 0 Å². The van der Waals surface area contributed by atoms with Crippen molar-refractivity contribution in [3.63, 3.8) is 0 Å². The molecule has 74 heavy (non-hydrogen) atoms. The lowest BCUT2D eigenvalue weighted by Gasteiger charge is -2.17. The summed E-state index contributed by atoms with van der Waals surface area (Å²) in [6.45, 7) is 0. The van der Waals surface area contributed by atoms with Crippen LogP contribution < -0.4 is 0 Å². The second kappa shape index (κ2) is 17.8. The van der Waals surface area contributed by atoms with Gasteiger partial charge in [0.15, 0.2) is 5.82 Å². The van der Waals surface area contributed by atoms with Gasteiger partial charge in [-0.15, -0.1) is 0 Å². The fraction of sp³-hybridized carbons (Fsp3) is 0. The van der Waals surface area contributed by atoms with Crippen LogP contribution in [0.25, 0.3) is 111 Å². The normalized spacial score (nSPS) is 10.9. The standard InChI is InChI=1S/C64H32N10/c65-33-39-26-44(35-67)62(45(27-39)36-68)42-22-24-50-48-14-4-8-18-56(48)73(60(50)30-42)58-20-10-6-16-52(58)54-32-55(72-64(71-54)41-12-2-1-3-13-41)53-17-7-11-21-59(53)74-57-19-9-5-15-49(57)51-25-23-43(31-61(51)74)63-46(37-69)28-40(34-66)29-47(63)38-70/h1-32H. The summed E-state index contributed by atoms with van der Waals surface area (Å²) in [4.78, 5) is 10.7. The molecule has 0 fully saturated rings. The van der Waals surface area contributed by atoms with Gasteiger partial charge in [-0.25, -0.2) is 9.97 Å². The number of hydrogen-bond donors (Lipinski definition) is 0. The quantitative estimate of drug-likeness (QED) is 0.151. The minimum Gasteiger partial charge on any atom is -0.309 e. The van der Waals surface area contributed by atoms with E-state index in [-0.39, 0.29) is 33.4 Å². The first-order valence-electron chi connectivity index (χ1n) is 23.4. The first-order chi connectivity index (χ1) is 36.4. The lowest BCUT2D eigenvalue weighted by molar-refractivity contribution is 1.14. The number of rotatable bonds is 7. The first-order valence-corrected chi connectivity index (χ1v) is 23.4. The molecule has 0 atom stereocenters. The van der Waals surface area contributed by atoms with Crippen molar-refractivity contribution in [1.29, 1.82) is 31.6 Å². The zero-order valence-corrected chi connectivity index (χ0v) is 38.9. The number of aromatic nitrogens is 4. The molecule has 12 aromatic rings. The molecule has 0 aliphatic rings. The molecule has 0 spiro atoms. The molecule has 0 aliphatic carbocycles. The van der Waals surface area contributed by atoms with E-state index in [9.17, 15) is 31.6 Å². The maximum Gasteiger partial charge on any atom is 0.160 e. The fourth-order valence-corrected chi connectivity index (χ4v) is 10.4. The third kappa shape index (κ3) is 7.06. The molecule has 0 radical (unpaired) electrons. The van der Waals surface area contributed by atoms with Crippen molar-refractivity contribution in [2.24, 2.45) is 0 Å². The zero-order valence-electron chi connectivity index (χ0n) is 38.9. The molecule has 3 heterocycles. The molecule has 0 saturated heterocycles. The van der Waals surface area contributed by atoms with E-state index >= 15 is 0 Å². The van der Waals surface area contributed by atoms with Crippen molar-refractivity contribution in [3.05, 3.63) is 228 Å². The molecule has 12 rings (SSSR count). The molecule has 3 aromatic heterocycles. The molecular formula is C64H32N10. The van der Waals surface area contributed by atoms with Crippen molar-refractivity contribution >= 4 is 43.6 Å². The smallest absolute Gasteiger partial charge is 0.160 e. The lowest BCUT2D eigenvalue weighted by Crippen LogP contribution is -2.02. The van der Waals surface area contributed by atoms with Gasteiger partial charge in [-0.1, -0.05) is 127 Å². The summed E-state index contributed by atoms with van der Waals surface area (Å²) >= 11 is 0. The molecule has 338 valence electrons. The third-order valence-electron chi connectivity index (χ3n) is 13.5. The Labute approximate surface area is 423 Å². The summed E-state index contributed by atoms with van der Waals surface area (Å²) in [7, 11) is 0. The van der Waals surface area contributed by atoms with E-state index in [1.165, 1.54) is 24.3 Å². The molecule has 0 unspecified atom stereocenters. The molecule has 0 N–H and O–H groups in total. The van der Waals surface area contributed by atoms with Crippen molar-refractivity contribution < 1.29 is 0 Å². The predicted octanol–water partition coefficient (Wildman–Crippen LogP) is 14.2. The minimum atomic E-state index is 0.235. The summed E-state index contributed by atoms with van der Waals surface area (Å²) in [6.07, 6.45) is 0. The van der Waals surface area contributed by atoms with Crippen LogP contribution in [-0.4, -0.2) is 19.1 Å². The van der Waals surface area contributed by atoms with E-state index in [0.717, 1.165) is 71.7 Å². The number of nitrogens with zero attached hydrogens (tertiary/aromatic N) is 10. The molecule has 0 saturated carbocycles. The number of benzene rings is 9. The summed E-state index contributed by atoms with van der Waals surface area (Å²) in [5.74, 6) is 0.513. The van der Waals surface area contributed by atoms with E-state index < -0.39 is 0 Å². The third-order valence-corrected chi connectivity index (χ3v) is 13.5. The zero-order chi connectivity index (χ0) is 50.5. The highest BCUT2D eigenvalue weighted by Crippen LogP contribution is 2.42. The van der Waals surface area contributed by atoms with Crippen LogP contribution in [0.1, 0.15) is 33.4 Å². The van der Waals surface area contributed by atoms with Crippen LogP contribution in [0, 0.1) is 68.0 Å². The van der Waals surface area contributed by atoms with Crippen LogP contribution in [-0.2, 0) is 0 Å². The van der Waals surface area contributed by atoms with Gasteiger partial charge in [-0.2, -0.15) is 31.6 Å². The fourth-order valence-electron chi connectivity index (χ4n) is 10.4. The highest BCUT2D eigenvalue weighted by Gasteiger charge is 2.23. The van der Waals surface area contributed by atoms with Gasteiger partial charge in [-0.3, -0.25) is 0 Å². The number of nitriles is 6. The number of hydrogen-bond acceptors (Lipinski definition) is 8. The average molecular weight is 941 g/mol. The molecule has 10 heteroatoms. The molecule has 0 bridgehead atoms. The van der Waals surface area contributed by atoms with Gasteiger partial charge in [-0.05, 0) is 77.9 Å². The monoisotopic (exact) mass is 940 g/mol. The Bertz CT molecular complexity index is 4290. The Balaban J connectivity index is 1.10. The second-order valence-corrected chi connectivity index (χ2v) is 17.6. The van der Waals surface area contributed by atoms with Crippen molar-refractivity contribution in [3.8, 4) is 104 Å². The highest BCUT2D eigenvalue weighted by atomic mass is 15.0. The maximum atomic E-state index is 10.3. The van der Waals surface area contributed by atoms with Crippen molar-refractivity contribution in [2.75, 3.05) is 0 Å². The van der Waals surface area contributed by atoms with E-state index in [0.29, 0.717) is 39.5 Å². The largest absolute Gasteiger partial charge is 0.309 e. The number of para-hydroxylation sites is 4. The first kappa shape index (κ1) is 43.9. The van der Waals surface area contributed by atoms with E-state index in [2.05, 4.69) is 94.1 Å². The van der Waals surface area contributed by atoms with E-state index in [1.807, 2.05) is 121 Å². The van der Waals surface area contributed by atoms with Gasteiger partial charge in [0.25, 0.3) is 0 Å². The van der Waals surface area contributed by atoms with Gasteiger partial charge in [0.05, 0.1) is 115 Å². The Hall–Kier alpha value is -11.4. The molecule has 0 amide bonds. The Morgan fingerprint density at radius 3 is 1.11 bits per heavy atom. The van der Waals surface area contributed by atoms with E-state index in [4.69, 9.17) is 9.97 Å². The molecule has 0 aliphatic heterocycles. The Kier molecular flexibility index (Phi) is 10.6. The summed E-state index contributed by atoms with van der Waals surface area (Å²) < 4.78 is 4.39. The van der Waals surface area contributed by atoms with Crippen LogP contribution in [0.2, 0.25) is 0 Å². The highest BCUT2D eigenvalue weighted by molar-refractivity contribution is 6.12. The van der Waals surface area contributed by atoms with Gasteiger partial charge >= 0.3 is 0 Å². The molecule has 10 nitrogen and oxygen atoms in total. The van der Waals surface area contributed by atoms with Crippen LogP contribution in [0.5, 0.6) is 0 Å². The molecular weight excluding hydrogens is 909 g/mol. The van der Waals surface area contributed by atoms with E-state index in [1.54, 1.807) is 0 Å².